The summed E-state index contributed by atoms with van der Waals surface area (Å²) < 4.78 is 34.3. The molecule has 0 bridgehead atoms. The highest BCUT2D eigenvalue weighted by Crippen LogP contribution is 2.33. The molecule has 3 aliphatic heterocycles. The first-order chi connectivity index (χ1) is 40.8. The lowest BCUT2D eigenvalue weighted by molar-refractivity contribution is -0.379. The molecule has 0 aromatic rings. The SMILES string of the molecule is CCCCCCC/C=C\C/C=C\CCCCCCCCCCCCCCCCCCCCCC(=O)NC(COC1OC(CO)C(OC2OC(CO)C(OC3OC(CO)C(O)C(O)C3O)C(O)C2O)C(O)C1O)C(O)CCCCCCCCCC. The second kappa shape index (κ2) is 48.2. The Balaban J connectivity index is 1.32. The van der Waals surface area contributed by atoms with Crippen molar-refractivity contribution in [1.29, 1.82) is 0 Å². The number of aliphatic hydroxyl groups excluding tert-OH is 11. The van der Waals surface area contributed by atoms with Gasteiger partial charge in [0.15, 0.2) is 18.9 Å². The third-order valence-electron chi connectivity index (χ3n) is 17.0. The van der Waals surface area contributed by atoms with Gasteiger partial charge in [-0.05, 0) is 44.9 Å². The molecule has 0 spiro atoms. The number of carbonyl (C=O) groups excluding carboxylic acids is 1. The zero-order chi connectivity index (χ0) is 61.2. The molecule has 3 aliphatic rings. The Kier molecular flexibility index (Phi) is 43.9. The summed E-state index contributed by atoms with van der Waals surface area (Å²) in [5, 5.41) is 120. The molecular weight excluding hydrogens is 1080 g/mol. The van der Waals surface area contributed by atoms with Crippen LogP contribution in [0.4, 0.5) is 0 Å². The molecule has 0 radical (unpaired) electrons. The maximum absolute atomic E-state index is 13.3. The van der Waals surface area contributed by atoms with E-state index in [1.807, 2.05) is 0 Å². The van der Waals surface area contributed by atoms with Gasteiger partial charge in [0.05, 0.1) is 38.6 Å². The lowest BCUT2D eigenvalue weighted by Gasteiger charge is -2.48. The molecule has 0 aromatic carbocycles. The number of amides is 1. The van der Waals surface area contributed by atoms with Gasteiger partial charge in [-0.3, -0.25) is 4.79 Å². The van der Waals surface area contributed by atoms with Crippen LogP contribution in [0.1, 0.15) is 251 Å². The Morgan fingerprint density at radius 2 is 0.786 bits per heavy atom. The molecule has 19 nitrogen and oxygen atoms in total. The van der Waals surface area contributed by atoms with E-state index in [2.05, 4.69) is 43.5 Å². The second-order valence-electron chi connectivity index (χ2n) is 24.3. The number of hydrogen-bond acceptors (Lipinski definition) is 18. The predicted molar refractivity (Wildman–Crippen MR) is 323 cm³/mol. The smallest absolute Gasteiger partial charge is 0.220 e. The number of nitrogens with one attached hydrogen (secondary N) is 1. The largest absolute Gasteiger partial charge is 0.394 e. The van der Waals surface area contributed by atoms with E-state index >= 15 is 0 Å². The molecule has 494 valence electrons. The van der Waals surface area contributed by atoms with Gasteiger partial charge in [-0.15, -0.1) is 0 Å². The predicted octanol–water partition coefficient (Wildman–Crippen LogP) is 7.88. The lowest BCUT2D eigenvalue weighted by atomic mass is 9.96. The number of rotatable bonds is 51. The molecule has 1 amide bonds. The monoisotopic (exact) mass is 1200 g/mol. The molecule has 19 heteroatoms. The zero-order valence-corrected chi connectivity index (χ0v) is 51.9. The highest BCUT2D eigenvalue weighted by Gasteiger charge is 2.53. The first-order valence-electron chi connectivity index (χ1n) is 33.6. The van der Waals surface area contributed by atoms with Crippen molar-refractivity contribution >= 4 is 5.91 Å². The van der Waals surface area contributed by atoms with Crippen LogP contribution in [0, 0.1) is 0 Å². The average molecular weight is 1200 g/mol. The fourth-order valence-electron chi connectivity index (χ4n) is 11.5. The van der Waals surface area contributed by atoms with Crippen LogP contribution in [0.3, 0.4) is 0 Å². The number of unbranched alkanes of at least 4 members (excludes halogenated alkanes) is 31. The van der Waals surface area contributed by atoms with Crippen molar-refractivity contribution in [3.8, 4) is 0 Å². The summed E-state index contributed by atoms with van der Waals surface area (Å²) in [4.78, 5) is 13.3. The van der Waals surface area contributed by atoms with Crippen molar-refractivity contribution in [1.82, 2.24) is 5.32 Å². The fraction of sp³-hybridized carbons (Fsp3) is 0.923. The van der Waals surface area contributed by atoms with Crippen LogP contribution in [0.25, 0.3) is 0 Å². The van der Waals surface area contributed by atoms with Crippen molar-refractivity contribution in [2.24, 2.45) is 0 Å². The molecule has 3 fully saturated rings. The third-order valence-corrected chi connectivity index (χ3v) is 17.0. The molecule has 17 atom stereocenters. The minimum absolute atomic E-state index is 0.243. The maximum atomic E-state index is 13.3. The molecule has 0 aromatic heterocycles. The van der Waals surface area contributed by atoms with E-state index in [1.54, 1.807) is 0 Å². The fourth-order valence-corrected chi connectivity index (χ4v) is 11.5. The van der Waals surface area contributed by atoms with Crippen LogP contribution in [0.15, 0.2) is 24.3 Å². The quantitative estimate of drug-likeness (QED) is 0.0204. The third kappa shape index (κ3) is 30.7. The molecule has 3 heterocycles. The zero-order valence-electron chi connectivity index (χ0n) is 51.9. The van der Waals surface area contributed by atoms with E-state index in [4.69, 9.17) is 28.4 Å². The minimum atomic E-state index is -1.97. The summed E-state index contributed by atoms with van der Waals surface area (Å²) in [5.41, 5.74) is 0. The van der Waals surface area contributed by atoms with Gasteiger partial charge in [0.1, 0.15) is 73.2 Å². The summed E-state index contributed by atoms with van der Waals surface area (Å²) in [6.45, 7) is 1.75. The molecule has 0 aliphatic carbocycles. The molecule has 3 rings (SSSR count). The second-order valence-corrected chi connectivity index (χ2v) is 24.3. The Bertz CT molecular complexity index is 1630. The van der Waals surface area contributed by atoms with E-state index in [1.165, 1.54) is 167 Å². The first-order valence-corrected chi connectivity index (χ1v) is 33.6. The van der Waals surface area contributed by atoms with Crippen molar-refractivity contribution < 1.29 is 89.4 Å². The van der Waals surface area contributed by atoms with E-state index in [-0.39, 0.29) is 18.9 Å². The van der Waals surface area contributed by atoms with Gasteiger partial charge in [-0.1, -0.05) is 224 Å². The van der Waals surface area contributed by atoms with Crippen molar-refractivity contribution in [3.05, 3.63) is 24.3 Å². The highest BCUT2D eigenvalue weighted by atomic mass is 16.8. The van der Waals surface area contributed by atoms with Crippen LogP contribution in [0.5, 0.6) is 0 Å². The molecule has 84 heavy (non-hydrogen) atoms. The number of ether oxygens (including phenoxy) is 6. The van der Waals surface area contributed by atoms with Crippen LogP contribution < -0.4 is 5.32 Å². The van der Waals surface area contributed by atoms with E-state index < -0.39 is 124 Å². The summed E-state index contributed by atoms with van der Waals surface area (Å²) in [6.07, 6.45) is 26.0. The maximum Gasteiger partial charge on any atom is 0.220 e. The summed E-state index contributed by atoms with van der Waals surface area (Å²) in [6, 6.07) is -0.882. The van der Waals surface area contributed by atoms with Crippen LogP contribution >= 0.6 is 0 Å². The molecule has 3 saturated heterocycles. The summed E-state index contributed by atoms with van der Waals surface area (Å²) in [5.74, 6) is -0.243. The molecule has 12 N–H and O–H groups in total. The summed E-state index contributed by atoms with van der Waals surface area (Å²) >= 11 is 0. The highest BCUT2D eigenvalue weighted by molar-refractivity contribution is 5.76. The van der Waals surface area contributed by atoms with E-state index in [0.717, 1.165) is 51.4 Å². The van der Waals surface area contributed by atoms with E-state index in [0.29, 0.717) is 12.8 Å². The van der Waals surface area contributed by atoms with Crippen LogP contribution in [-0.4, -0.2) is 193 Å². The lowest BCUT2D eigenvalue weighted by Crippen LogP contribution is -2.66. The van der Waals surface area contributed by atoms with Crippen molar-refractivity contribution in [2.45, 2.75) is 356 Å². The Morgan fingerprint density at radius 1 is 0.429 bits per heavy atom. The van der Waals surface area contributed by atoms with Gasteiger partial charge in [0.25, 0.3) is 0 Å². The molecule has 17 unspecified atom stereocenters. The Hall–Kier alpha value is -1.73. The topological polar surface area (TPSA) is 307 Å². The normalized spacial score (nSPS) is 29.3. The average Bonchev–Trinajstić information content (AvgIpc) is 2.91. The Labute approximate surface area is 505 Å². The minimum Gasteiger partial charge on any atom is -0.394 e. The Morgan fingerprint density at radius 3 is 1.21 bits per heavy atom. The van der Waals surface area contributed by atoms with Crippen molar-refractivity contribution in [2.75, 3.05) is 26.4 Å². The van der Waals surface area contributed by atoms with Crippen LogP contribution in [-0.2, 0) is 33.2 Å². The first kappa shape index (κ1) is 76.5. The van der Waals surface area contributed by atoms with Crippen LogP contribution in [0.2, 0.25) is 0 Å². The van der Waals surface area contributed by atoms with Gasteiger partial charge in [-0.25, -0.2) is 0 Å². The molecule has 0 saturated carbocycles. The summed E-state index contributed by atoms with van der Waals surface area (Å²) in [7, 11) is 0. The standard InChI is InChI=1S/C65H121NO18/c1-3-5-7-9-11-13-14-15-16-17-18-19-20-21-22-23-24-25-26-27-28-29-30-31-32-33-34-35-37-39-41-43-53(71)66-48(49(70)42-40-38-36-12-10-8-6-4-2)47-79-63-59(77)56(74)61(51(45-68)81-63)84-65-60(78)57(75)62(52(46-69)82-65)83-64-58(76)55(73)54(72)50(44-67)80-64/h14-15,17-18,48-52,54-65,67-70,72-78H,3-13,16,19-47H2,1-2H3,(H,66,71)/b15-14-,18-17-. The molecular formula is C65H121NO18. The van der Waals surface area contributed by atoms with Crippen molar-refractivity contribution in [3.63, 3.8) is 0 Å². The van der Waals surface area contributed by atoms with E-state index in [9.17, 15) is 61.0 Å². The number of aliphatic hydroxyl groups is 11. The van der Waals surface area contributed by atoms with Gasteiger partial charge in [0.2, 0.25) is 5.91 Å². The van der Waals surface area contributed by atoms with Gasteiger partial charge in [-0.2, -0.15) is 0 Å². The number of carbonyl (C=O) groups is 1. The van der Waals surface area contributed by atoms with Gasteiger partial charge < -0.3 is 89.9 Å². The van der Waals surface area contributed by atoms with Gasteiger partial charge in [0, 0.05) is 6.42 Å². The number of allylic oxidation sites excluding steroid dienone is 4. The van der Waals surface area contributed by atoms with Gasteiger partial charge >= 0.3 is 0 Å². The number of hydrogen-bond donors (Lipinski definition) is 12.